The number of anilines is 1. The fourth-order valence-electron chi connectivity index (χ4n) is 1.18. The maximum absolute atomic E-state index is 9.65. The minimum Gasteiger partial charge on any atom is -0.508 e. The molecule has 1 rings (SSSR count). The molecule has 0 aliphatic rings. The van der Waals surface area contributed by atoms with Gasteiger partial charge in [-0.25, -0.2) is 0 Å². The molecular weight excluding hydrogens is 230 g/mol. The second kappa shape index (κ2) is 3.22. The Hall–Kier alpha value is -0.700. The summed E-state index contributed by atoms with van der Waals surface area (Å²) in [6.45, 7) is 6.14. The molecule has 0 amide bonds. The molecular formula is C10H14BrNO. The van der Waals surface area contributed by atoms with Gasteiger partial charge in [0.2, 0.25) is 0 Å². The highest BCUT2D eigenvalue weighted by Gasteiger charge is 2.19. The van der Waals surface area contributed by atoms with E-state index in [4.69, 9.17) is 5.73 Å². The van der Waals surface area contributed by atoms with Gasteiger partial charge in [0, 0.05) is 21.8 Å². The number of hydrogen-bond donors (Lipinski definition) is 2. The molecule has 0 atom stereocenters. The summed E-state index contributed by atoms with van der Waals surface area (Å²) in [4.78, 5) is 0. The van der Waals surface area contributed by atoms with E-state index in [0.717, 1.165) is 10.0 Å². The second-order valence-corrected chi connectivity index (χ2v) is 5.00. The lowest BCUT2D eigenvalue weighted by Crippen LogP contribution is -2.11. The summed E-state index contributed by atoms with van der Waals surface area (Å²) in [7, 11) is 0. The molecule has 13 heavy (non-hydrogen) atoms. The van der Waals surface area contributed by atoms with Crippen molar-refractivity contribution in [3.05, 3.63) is 22.2 Å². The summed E-state index contributed by atoms with van der Waals surface area (Å²) in [5, 5.41) is 9.65. The molecule has 0 saturated carbocycles. The number of phenols is 1. The van der Waals surface area contributed by atoms with Gasteiger partial charge in [0.15, 0.2) is 0 Å². The van der Waals surface area contributed by atoms with Crippen LogP contribution in [0.2, 0.25) is 0 Å². The zero-order valence-electron chi connectivity index (χ0n) is 8.06. The standard InChI is InChI=1S/C10H14BrNO/c1-10(2,3)6-4-7(11)8(12)5-9(6)13/h4-5,13H,12H2,1-3H3. The molecule has 3 N–H and O–H groups in total. The third-order valence-electron chi connectivity index (χ3n) is 1.92. The molecule has 1 aromatic rings. The van der Waals surface area contributed by atoms with E-state index in [1.54, 1.807) is 6.07 Å². The maximum atomic E-state index is 9.65. The van der Waals surface area contributed by atoms with E-state index in [1.807, 2.05) is 26.8 Å². The Kier molecular flexibility index (Phi) is 2.57. The van der Waals surface area contributed by atoms with Crippen LogP contribution in [0.4, 0.5) is 5.69 Å². The molecule has 0 bridgehead atoms. The molecule has 3 heteroatoms. The summed E-state index contributed by atoms with van der Waals surface area (Å²) >= 11 is 3.34. The monoisotopic (exact) mass is 243 g/mol. The number of nitrogens with two attached hydrogens (primary N) is 1. The van der Waals surface area contributed by atoms with Gasteiger partial charge in [-0.1, -0.05) is 20.8 Å². The van der Waals surface area contributed by atoms with Gasteiger partial charge in [-0.15, -0.1) is 0 Å². The average molecular weight is 244 g/mol. The van der Waals surface area contributed by atoms with Crippen LogP contribution < -0.4 is 5.73 Å². The summed E-state index contributed by atoms with van der Waals surface area (Å²) in [5.41, 5.74) is 7.01. The van der Waals surface area contributed by atoms with E-state index < -0.39 is 0 Å². The first-order chi connectivity index (χ1) is 5.82. The maximum Gasteiger partial charge on any atom is 0.121 e. The second-order valence-electron chi connectivity index (χ2n) is 4.14. The molecule has 72 valence electrons. The fourth-order valence-corrected chi connectivity index (χ4v) is 1.52. The van der Waals surface area contributed by atoms with Crippen LogP contribution >= 0.6 is 15.9 Å². The van der Waals surface area contributed by atoms with Crippen LogP contribution in [0.25, 0.3) is 0 Å². The molecule has 0 unspecified atom stereocenters. The number of nitrogen functional groups attached to an aromatic ring is 1. The van der Waals surface area contributed by atoms with Crippen LogP contribution in [0, 0.1) is 0 Å². The van der Waals surface area contributed by atoms with E-state index in [-0.39, 0.29) is 11.2 Å². The zero-order chi connectivity index (χ0) is 10.2. The summed E-state index contributed by atoms with van der Waals surface area (Å²) in [6.07, 6.45) is 0. The van der Waals surface area contributed by atoms with Crippen LogP contribution in [-0.2, 0) is 5.41 Å². The predicted molar refractivity (Wildman–Crippen MR) is 58.9 cm³/mol. The smallest absolute Gasteiger partial charge is 0.121 e. The SMILES string of the molecule is CC(C)(C)c1cc(Br)c(N)cc1O. The Bertz CT molecular complexity index is 328. The highest BCUT2D eigenvalue weighted by Crippen LogP contribution is 2.35. The van der Waals surface area contributed by atoms with Crippen molar-refractivity contribution in [2.45, 2.75) is 26.2 Å². The first-order valence-corrected chi connectivity index (χ1v) is 4.90. The molecule has 0 aliphatic heterocycles. The van der Waals surface area contributed by atoms with Crippen molar-refractivity contribution < 1.29 is 5.11 Å². The summed E-state index contributed by atoms with van der Waals surface area (Å²) in [5.74, 6) is 0.258. The summed E-state index contributed by atoms with van der Waals surface area (Å²) < 4.78 is 0.829. The molecule has 0 saturated heterocycles. The third kappa shape index (κ3) is 2.15. The van der Waals surface area contributed by atoms with Crippen molar-refractivity contribution >= 4 is 21.6 Å². The van der Waals surface area contributed by atoms with E-state index in [0.29, 0.717) is 5.69 Å². The van der Waals surface area contributed by atoms with Gasteiger partial charge in [-0.2, -0.15) is 0 Å². The van der Waals surface area contributed by atoms with Gasteiger partial charge in [-0.05, 0) is 27.4 Å². The van der Waals surface area contributed by atoms with Crippen LogP contribution in [0.1, 0.15) is 26.3 Å². The lowest BCUT2D eigenvalue weighted by Gasteiger charge is -2.21. The molecule has 0 spiro atoms. The quantitative estimate of drug-likeness (QED) is 0.689. The van der Waals surface area contributed by atoms with Crippen LogP contribution in [0.15, 0.2) is 16.6 Å². The highest BCUT2D eigenvalue weighted by atomic mass is 79.9. The van der Waals surface area contributed by atoms with Crippen molar-refractivity contribution in [1.82, 2.24) is 0 Å². The number of rotatable bonds is 0. The highest BCUT2D eigenvalue weighted by molar-refractivity contribution is 9.10. The largest absolute Gasteiger partial charge is 0.508 e. The zero-order valence-corrected chi connectivity index (χ0v) is 9.64. The predicted octanol–water partition coefficient (Wildman–Crippen LogP) is 3.03. The van der Waals surface area contributed by atoms with E-state index in [2.05, 4.69) is 15.9 Å². The van der Waals surface area contributed by atoms with Crippen molar-refractivity contribution in [3.63, 3.8) is 0 Å². The lowest BCUT2D eigenvalue weighted by atomic mass is 9.86. The fraction of sp³-hybridized carbons (Fsp3) is 0.400. The Morgan fingerprint density at radius 3 is 2.31 bits per heavy atom. The average Bonchev–Trinajstić information content (AvgIpc) is 1.94. The van der Waals surface area contributed by atoms with E-state index in [9.17, 15) is 5.11 Å². The normalized spacial score (nSPS) is 11.7. The first-order valence-electron chi connectivity index (χ1n) is 4.11. The van der Waals surface area contributed by atoms with Crippen LogP contribution in [0.5, 0.6) is 5.75 Å². The van der Waals surface area contributed by atoms with E-state index in [1.165, 1.54) is 0 Å². The van der Waals surface area contributed by atoms with E-state index >= 15 is 0 Å². The number of hydrogen-bond acceptors (Lipinski definition) is 2. The number of benzene rings is 1. The van der Waals surface area contributed by atoms with Crippen molar-refractivity contribution in [2.75, 3.05) is 5.73 Å². The number of aromatic hydroxyl groups is 1. The topological polar surface area (TPSA) is 46.2 Å². The molecule has 0 radical (unpaired) electrons. The molecule has 0 heterocycles. The van der Waals surface area contributed by atoms with Crippen molar-refractivity contribution in [2.24, 2.45) is 0 Å². The van der Waals surface area contributed by atoms with Crippen LogP contribution in [-0.4, -0.2) is 5.11 Å². The third-order valence-corrected chi connectivity index (χ3v) is 2.61. The van der Waals surface area contributed by atoms with Gasteiger partial charge < -0.3 is 10.8 Å². The lowest BCUT2D eigenvalue weighted by molar-refractivity contribution is 0.447. The van der Waals surface area contributed by atoms with Gasteiger partial charge >= 0.3 is 0 Å². The Morgan fingerprint density at radius 1 is 1.31 bits per heavy atom. The molecule has 2 nitrogen and oxygen atoms in total. The molecule has 0 fully saturated rings. The van der Waals surface area contributed by atoms with Gasteiger partial charge in [0.25, 0.3) is 0 Å². The Morgan fingerprint density at radius 2 is 1.85 bits per heavy atom. The van der Waals surface area contributed by atoms with Crippen molar-refractivity contribution in [1.29, 1.82) is 0 Å². The van der Waals surface area contributed by atoms with Crippen molar-refractivity contribution in [3.8, 4) is 5.75 Å². The number of phenolic OH excluding ortho intramolecular Hbond substituents is 1. The Labute approximate surface area is 86.9 Å². The van der Waals surface area contributed by atoms with Gasteiger partial charge in [0.1, 0.15) is 5.75 Å². The first kappa shape index (κ1) is 10.4. The van der Waals surface area contributed by atoms with Gasteiger partial charge in [-0.3, -0.25) is 0 Å². The summed E-state index contributed by atoms with van der Waals surface area (Å²) in [6, 6.07) is 3.44. The molecule has 1 aromatic carbocycles. The molecule has 0 aliphatic carbocycles. The van der Waals surface area contributed by atoms with Crippen LogP contribution in [0.3, 0.4) is 0 Å². The molecule has 0 aromatic heterocycles. The minimum absolute atomic E-state index is 0.0691. The number of halogens is 1. The minimum atomic E-state index is -0.0691. The Balaban J connectivity index is 3.32. The van der Waals surface area contributed by atoms with Gasteiger partial charge in [0.05, 0.1) is 0 Å².